The number of carbonyl (C=O) groups excluding carboxylic acids is 2. The highest BCUT2D eigenvalue weighted by Gasteiger charge is 2.28. The van der Waals surface area contributed by atoms with E-state index in [-0.39, 0.29) is 23.7 Å². The lowest BCUT2D eigenvalue weighted by atomic mass is 9.78. The van der Waals surface area contributed by atoms with Crippen LogP contribution < -0.4 is 16.4 Å². The molecule has 0 bridgehead atoms. The summed E-state index contributed by atoms with van der Waals surface area (Å²) in [6.45, 7) is 4.33. The molecule has 0 aliphatic heterocycles. The van der Waals surface area contributed by atoms with Crippen LogP contribution in [0, 0.1) is 11.8 Å². The maximum Gasteiger partial charge on any atom is 0.321 e. The van der Waals surface area contributed by atoms with Gasteiger partial charge >= 0.3 is 6.03 Å². The zero-order valence-corrected chi connectivity index (χ0v) is 13.6. The first-order chi connectivity index (χ1) is 10.5. The Kier molecular flexibility index (Phi) is 5.64. The van der Waals surface area contributed by atoms with E-state index in [4.69, 9.17) is 5.73 Å². The number of thioether (sulfide) groups is 1. The molecular weight excluding hydrogens is 304 g/mol. The molecule has 0 unspecified atom stereocenters. The number of aromatic amines is 1. The van der Waals surface area contributed by atoms with Crippen molar-refractivity contribution < 1.29 is 9.59 Å². The van der Waals surface area contributed by atoms with Gasteiger partial charge in [-0.15, -0.1) is 5.10 Å². The normalized spacial score (nSPS) is 24.7. The summed E-state index contributed by atoms with van der Waals surface area (Å²) in [7, 11) is 0. The highest BCUT2D eigenvalue weighted by Crippen LogP contribution is 2.29. The maximum absolute atomic E-state index is 11.9. The summed E-state index contributed by atoms with van der Waals surface area (Å²) < 4.78 is 0. The minimum absolute atomic E-state index is 0.0569. The third-order valence-electron chi connectivity index (χ3n) is 4.09. The zero-order chi connectivity index (χ0) is 16.1. The second-order valence-corrected chi connectivity index (χ2v) is 6.63. The number of H-pyrrole nitrogens is 1. The molecule has 1 aliphatic carbocycles. The zero-order valence-electron chi connectivity index (χ0n) is 12.8. The van der Waals surface area contributed by atoms with Gasteiger partial charge in [-0.05, 0) is 18.3 Å². The van der Waals surface area contributed by atoms with Crippen molar-refractivity contribution >= 4 is 29.6 Å². The number of rotatable bonds is 4. The maximum atomic E-state index is 11.9. The van der Waals surface area contributed by atoms with Crippen molar-refractivity contribution in [2.24, 2.45) is 11.8 Å². The van der Waals surface area contributed by atoms with Gasteiger partial charge in [0.25, 0.3) is 0 Å². The smallest absolute Gasteiger partial charge is 0.321 e. The molecule has 1 aliphatic rings. The Balaban J connectivity index is 1.73. The number of nitrogens with two attached hydrogens (primary N) is 1. The number of amides is 3. The Bertz CT molecular complexity index is 534. The second-order valence-electron chi connectivity index (χ2n) is 5.69. The third kappa shape index (κ3) is 4.62. The molecule has 9 heteroatoms. The number of nitrogen functional groups attached to an aromatic ring is 1. The number of anilines is 1. The predicted octanol–water partition coefficient (Wildman–Crippen LogP) is 1.13. The van der Waals surface area contributed by atoms with Gasteiger partial charge in [-0.2, -0.15) is 4.98 Å². The first-order valence-corrected chi connectivity index (χ1v) is 8.35. The molecule has 1 aromatic heterocycles. The number of carbonyl (C=O) groups is 2. The topological polar surface area (TPSA) is 126 Å². The summed E-state index contributed by atoms with van der Waals surface area (Å²) in [5, 5.41) is 11.9. The number of nitrogens with zero attached hydrogens (tertiary/aromatic N) is 2. The van der Waals surface area contributed by atoms with Crippen LogP contribution in [0.15, 0.2) is 5.16 Å². The highest BCUT2D eigenvalue weighted by molar-refractivity contribution is 7.99. The molecule has 0 spiro atoms. The molecule has 0 radical (unpaired) electrons. The number of imide groups is 1. The van der Waals surface area contributed by atoms with E-state index in [1.165, 1.54) is 6.42 Å². The molecule has 0 aromatic carbocycles. The summed E-state index contributed by atoms with van der Waals surface area (Å²) >= 11 is 1.11. The van der Waals surface area contributed by atoms with E-state index in [0.717, 1.165) is 24.6 Å². The fourth-order valence-electron chi connectivity index (χ4n) is 2.61. The summed E-state index contributed by atoms with van der Waals surface area (Å²) in [4.78, 5) is 27.5. The summed E-state index contributed by atoms with van der Waals surface area (Å²) in [6, 6.07) is -0.317. The molecule has 1 saturated carbocycles. The van der Waals surface area contributed by atoms with Crippen molar-refractivity contribution in [1.82, 2.24) is 25.8 Å². The quantitative estimate of drug-likeness (QED) is 0.615. The number of aromatic nitrogens is 3. The summed E-state index contributed by atoms with van der Waals surface area (Å²) in [6.07, 6.45) is 3.25. The van der Waals surface area contributed by atoms with Crippen LogP contribution in [0.2, 0.25) is 0 Å². The third-order valence-corrected chi connectivity index (χ3v) is 4.94. The van der Waals surface area contributed by atoms with Crippen molar-refractivity contribution in [3.05, 3.63) is 0 Å². The molecular formula is C13H22N6O2S. The molecule has 3 atom stereocenters. The number of hydrogen-bond donors (Lipinski definition) is 4. The van der Waals surface area contributed by atoms with Crippen LogP contribution in [0.25, 0.3) is 0 Å². The van der Waals surface area contributed by atoms with Crippen molar-refractivity contribution in [3.8, 4) is 0 Å². The fraction of sp³-hybridized carbons (Fsp3) is 0.692. The van der Waals surface area contributed by atoms with Crippen molar-refractivity contribution in [1.29, 1.82) is 0 Å². The van der Waals surface area contributed by atoms with Gasteiger partial charge in [0.15, 0.2) is 0 Å². The summed E-state index contributed by atoms with van der Waals surface area (Å²) in [5.41, 5.74) is 5.39. The first-order valence-electron chi connectivity index (χ1n) is 7.36. The van der Waals surface area contributed by atoms with Gasteiger partial charge in [0.1, 0.15) is 0 Å². The van der Waals surface area contributed by atoms with Gasteiger partial charge in [-0.25, -0.2) is 9.89 Å². The monoisotopic (exact) mass is 326 g/mol. The molecule has 1 heterocycles. The lowest BCUT2D eigenvalue weighted by Crippen LogP contribution is -2.49. The molecule has 1 aromatic rings. The van der Waals surface area contributed by atoms with Gasteiger partial charge in [0.05, 0.1) is 5.75 Å². The minimum Gasteiger partial charge on any atom is -0.368 e. The lowest BCUT2D eigenvalue weighted by Gasteiger charge is -2.34. The Labute approximate surface area is 133 Å². The minimum atomic E-state index is -0.439. The molecule has 22 heavy (non-hydrogen) atoms. The van der Waals surface area contributed by atoms with E-state index in [1.54, 1.807) is 0 Å². The highest BCUT2D eigenvalue weighted by atomic mass is 32.2. The summed E-state index contributed by atoms with van der Waals surface area (Å²) in [5.74, 6) is 0.867. The molecule has 2 rings (SSSR count). The molecule has 8 nitrogen and oxygen atoms in total. The second kappa shape index (κ2) is 7.48. The molecule has 1 fully saturated rings. The van der Waals surface area contributed by atoms with E-state index < -0.39 is 6.03 Å². The molecule has 3 amide bonds. The number of hydrogen-bond acceptors (Lipinski definition) is 6. The van der Waals surface area contributed by atoms with E-state index in [1.807, 2.05) is 0 Å². The average molecular weight is 326 g/mol. The van der Waals surface area contributed by atoms with Crippen molar-refractivity contribution in [2.75, 3.05) is 11.5 Å². The Morgan fingerprint density at radius 1 is 1.41 bits per heavy atom. The van der Waals surface area contributed by atoms with Crippen LogP contribution in [0.5, 0.6) is 0 Å². The van der Waals surface area contributed by atoms with Crippen LogP contribution in [-0.4, -0.2) is 38.9 Å². The average Bonchev–Trinajstić information content (AvgIpc) is 2.87. The van der Waals surface area contributed by atoms with E-state index >= 15 is 0 Å². The largest absolute Gasteiger partial charge is 0.368 e. The van der Waals surface area contributed by atoms with E-state index in [9.17, 15) is 9.59 Å². The SMILES string of the molecule is C[C@@H]1[C@H](C)CCC[C@@H]1NC(=O)NC(=O)CSc1n[nH]c(N)n1. The van der Waals surface area contributed by atoms with Crippen molar-refractivity contribution in [3.63, 3.8) is 0 Å². The molecule has 122 valence electrons. The van der Waals surface area contributed by atoms with Gasteiger partial charge in [-0.3, -0.25) is 10.1 Å². The van der Waals surface area contributed by atoms with Crippen LogP contribution in [0.1, 0.15) is 33.1 Å². The van der Waals surface area contributed by atoms with Gasteiger partial charge in [-0.1, -0.05) is 38.5 Å². The fourth-order valence-corrected chi connectivity index (χ4v) is 3.21. The lowest BCUT2D eigenvalue weighted by molar-refractivity contribution is -0.117. The predicted molar refractivity (Wildman–Crippen MR) is 84.2 cm³/mol. The van der Waals surface area contributed by atoms with Crippen LogP contribution in [0.3, 0.4) is 0 Å². The Hall–Kier alpha value is -1.77. The van der Waals surface area contributed by atoms with E-state index in [0.29, 0.717) is 17.0 Å². The molecule has 0 saturated heterocycles. The Morgan fingerprint density at radius 3 is 2.86 bits per heavy atom. The van der Waals surface area contributed by atoms with Crippen LogP contribution >= 0.6 is 11.8 Å². The first kappa shape index (κ1) is 16.6. The number of nitrogens with one attached hydrogen (secondary N) is 3. The standard InChI is InChI=1S/C13H22N6O2S/c1-7-4-3-5-9(8(7)2)15-12(21)16-10(20)6-22-13-17-11(14)18-19-13/h7-9H,3-6H2,1-2H3,(H3,14,17,18,19)(H2,15,16,20,21)/t7-,8-,9+/m1/s1. The van der Waals surface area contributed by atoms with Gasteiger partial charge in [0.2, 0.25) is 17.0 Å². The Morgan fingerprint density at radius 2 is 2.18 bits per heavy atom. The van der Waals surface area contributed by atoms with E-state index in [2.05, 4.69) is 39.7 Å². The molecule has 5 N–H and O–H groups in total. The van der Waals surface area contributed by atoms with Gasteiger partial charge < -0.3 is 11.1 Å². The van der Waals surface area contributed by atoms with Gasteiger partial charge in [0, 0.05) is 6.04 Å². The number of urea groups is 1. The van der Waals surface area contributed by atoms with Crippen LogP contribution in [0.4, 0.5) is 10.7 Å². The van der Waals surface area contributed by atoms with Crippen molar-refractivity contribution in [2.45, 2.75) is 44.3 Å². The van der Waals surface area contributed by atoms with Crippen LogP contribution in [-0.2, 0) is 4.79 Å².